The van der Waals surface area contributed by atoms with E-state index in [0.29, 0.717) is 6.42 Å². The average molecular weight is 220 g/mol. The smallest absolute Gasteiger partial charge is 0.135 e. The molecule has 2 aromatic heterocycles. The first kappa shape index (κ1) is 10.2. The molecule has 0 spiro atoms. The number of carbonyl (C=O) groups is 1. The lowest BCUT2D eigenvalue weighted by Gasteiger charge is -1.97. The first-order valence-corrected chi connectivity index (χ1v) is 5.74. The topological polar surface area (TPSA) is 42.9 Å². The Morgan fingerprint density at radius 1 is 1.47 bits per heavy atom. The minimum atomic E-state index is 0.138. The van der Waals surface area contributed by atoms with Gasteiger partial charge in [-0.15, -0.1) is 11.3 Å². The number of ketones is 1. The molecule has 15 heavy (non-hydrogen) atoms. The van der Waals surface area contributed by atoms with E-state index < -0.39 is 0 Å². The van der Waals surface area contributed by atoms with Crippen LogP contribution in [0.1, 0.15) is 24.4 Å². The molecule has 2 aromatic rings. The van der Waals surface area contributed by atoms with Crippen molar-refractivity contribution in [2.24, 2.45) is 0 Å². The van der Waals surface area contributed by atoms with Gasteiger partial charge in [-0.1, -0.05) is 6.92 Å². The van der Waals surface area contributed by atoms with Gasteiger partial charge in [-0.3, -0.25) is 4.79 Å². The Morgan fingerprint density at radius 2 is 2.27 bits per heavy atom. The number of rotatable bonds is 3. The summed E-state index contributed by atoms with van der Waals surface area (Å²) in [7, 11) is 0. The molecule has 0 N–H and O–H groups in total. The molecule has 0 aliphatic rings. The number of thiophene rings is 1. The highest BCUT2D eigenvalue weighted by atomic mass is 32.1. The molecule has 3 nitrogen and oxygen atoms in total. The summed E-state index contributed by atoms with van der Waals surface area (Å²) in [5, 5.41) is 1.04. The van der Waals surface area contributed by atoms with Crippen molar-refractivity contribution in [2.75, 3.05) is 0 Å². The van der Waals surface area contributed by atoms with Crippen molar-refractivity contribution in [3.63, 3.8) is 0 Å². The van der Waals surface area contributed by atoms with Gasteiger partial charge in [0.15, 0.2) is 0 Å². The number of hydrogen-bond donors (Lipinski definition) is 0. The predicted octanol–water partition coefficient (Wildman–Crippen LogP) is 2.39. The van der Waals surface area contributed by atoms with Crippen LogP contribution in [-0.4, -0.2) is 15.8 Å². The van der Waals surface area contributed by atoms with Crippen LogP contribution in [0.25, 0.3) is 10.2 Å². The lowest BCUT2D eigenvalue weighted by Crippen LogP contribution is -1.99. The summed E-state index contributed by atoms with van der Waals surface area (Å²) in [5.74, 6) is 0.138. The number of Topliss-reactive ketones (excluding diaryl/α,β-unsaturated/α-hetero) is 1. The third-order valence-corrected chi connectivity index (χ3v) is 3.42. The standard InChI is InChI=1S/C11H12N2OS/c1-3-8-5-9-10(4-7(2)14)12-6-13-11(9)15-8/h5-6H,3-4H2,1-2H3. The van der Waals surface area contributed by atoms with Gasteiger partial charge in [0.2, 0.25) is 0 Å². The third-order valence-electron chi connectivity index (χ3n) is 2.23. The monoisotopic (exact) mass is 220 g/mol. The van der Waals surface area contributed by atoms with Crippen LogP contribution in [0.5, 0.6) is 0 Å². The van der Waals surface area contributed by atoms with Crippen LogP contribution < -0.4 is 0 Å². The summed E-state index contributed by atoms with van der Waals surface area (Å²) >= 11 is 1.68. The minimum Gasteiger partial charge on any atom is -0.300 e. The van der Waals surface area contributed by atoms with Gasteiger partial charge in [-0.05, 0) is 19.4 Å². The molecule has 0 aliphatic heterocycles. The molecule has 78 valence electrons. The quantitative estimate of drug-likeness (QED) is 0.797. The Bertz CT molecular complexity index is 504. The van der Waals surface area contributed by atoms with E-state index in [9.17, 15) is 4.79 Å². The van der Waals surface area contributed by atoms with Crippen LogP contribution in [-0.2, 0) is 17.6 Å². The molecule has 2 heterocycles. The fraction of sp³-hybridized carbons (Fsp3) is 0.364. The highest BCUT2D eigenvalue weighted by molar-refractivity contribution is 7.18. The normalized spacial score (nSPS) is 10.8. The maximum absolute atomic E-state index is 11.1. The van der Waals surface area contributed by atoms with Crippen molar-refractivity contribution in [3.8, 4) is 0 Å². The van der Waals surface area contributed by atoms with Crippen LogP contribution in [0.4, 0.5) is 0 Å². The van der Waals surface area contributed by atoms with Gasteiger partial charge in [0.25, 0.3) is 0 Å². The lowest BCUT2D eigenvalue weighted by atomic mass is 10.1. The summed E-state index contributed by atoms with van der Waals surface area (Å²) in [4.78, 5) is 21.7. The number of aryl methyl sites for hydroxylation is 1. The molecule has 4 heteroatoms. The van der Waals surface area contributed by atoms with E-state index in [1.807, 2.05) is 0 Å². The molecular weight excluding hydrogens is 208 g/mol. The molecule has 0 atom stereocenters. The first-order valence-electron chi connectivity index (χ1n) is 4.92. The van der Waals surface area contributed by atoms with Gasteiger partial charge in [-0.25, -0.2) is 9.97 Å². The second kappa shape index (κ2) is 4.06. The van der Waals surface area contributed by atoms with Crippen LogP contribution >= 0.6 is 11.3 Å². The van der Waals surface area contributed by atoms with Gasteiger partial charge in [0, 0.05) is 16.7 Å². The van der Waals surface area contributed by atoms with Crippen LogP contribution in [0, 0.1) is 0 Å². The molecule has 0 radical (unpaired) electrons. The molecule has 0 aromatic carbocycles. The summed E-state index contributed by atoms with van der Waals surface area (Å²) in [6.45, 7) is 3.70. The zero-order valence-electron chi connectivity index (χ0n) is 8.78. The maximum Gasteiger partial charge on any atom is 0.135 e. The number of carbonyl (C=O) groups excluding carboxylic acids is 1. The molecule has 0 bridgehead atoms. The van der Waals surface area contributed by atoms with Gasteiger partial charge < -0.3 is 0 Å². The fourth-order valence-corrected chi connectivity index (χ4v) is 2.46. The van der Waals surface area contributed by atoms with E-state index in [4.69, 9.17) is 0 Å². The molecule has 0 aliphatic carbocycles. The second-order valence-corrected chi connectivity index (χ2v) is 4.60. The zero-order valence-corrected chi connectivity index (χ0v) is 9.60. The molecule has 2 rings (SSSR count). The molecular formula is C11H12N2OS. The van der Waals surface area contributed by atoms with Crippen molar-refractivity contribution in [3.05, 3.63) is 23.0 Å². The summed E-state index contributed by atoms with van der Waals surface area (Å²) < 4.78 is 0. The van der Waals surface area contributed by atoms with Gasteiger partial charge >= 0.3 is 0 Å². The fourth-order valence-electron chi connectivity index (χ4n) is 1.51. The lowest BCUT2D eigenvalue weighted by molar-refractivity contribution is -0.116. The Balaban J connectivity index is 2.54. The van der Waals surface area contributed by atoms with E-state index in [1.165, 1.54) is 11.2 Å². The largest absolute Gasteiger partial charge is 0.300 e. The maximum atomic E-state index is 11.1. The summed E-state index contributed by atoms with van der Waals surface area (Å²) in [5.41, 5.74) is 0.850. The third kappa shape index (κ3) is 2.04. The van der Waals surface area contributed by atoms with Crippen molar-refractivity contribution >= 4 is 27.3 Å². The zero-order chi connectivity index (χ0) is 10.8. The molecule has 0 saturated heterocycles. The Morgan fingerprint density at radius 3 is 2.93 bits per heavy atom. The Hall–Kier alpha value is -1.29. The van der Waals surface area contributed by atoms with Crippen molar-refractivity contribution < 1.29 is 4.79 Å². The molecule has 0 amide bonds. The average Bonchev–Trinajstić information content (AvgIpc) is 2.61. The molecule has 0 saturated carbocycles. The molecule has 0 unspecified atom stereocenters. The summed E-state index contributed by atoms with van der Waals surface area (Å²) in [6.07, 6.45) is 2.94. The Labute approximate surface area is 92.2 Å². The van der Waals surface area contributed by atoms with E-state index >= 15 is 0 Å². The van der Waals surface area contributed by atoms with E-state index in [2.05, 4.69) is 23.0 Å². The van der Waals surface area contributed by atoms with E-state index in [0.717, 1.165) is 22.3 Å². The number of aromatic nitrogens is 2. The highest BCUT2D eigenvalue weighted by Crippen LogP contribution is 2.25. The van der Waals surface area contributed by atoms with E-state index in [1.54, 1.807) is 18.3 Å². The van der Waals surface area contributed by atoms with Crippen LogP contribution in [0.2, 0.25) is 0 Å². The number of hydrogen-bond acceptors (Lipinski definition) is 4. The predicted molar refractivity (Wildman–Crippen MR) is 61.2 cm³/mol. The van der Waals surface area contributed by atoms with E-state index in [-0.39, 0.29) is 5.78 Å². The van der Waals surface area contributed by atoms with Crippen LogP contribution in [0.3, 0.4) is 0 Å². The van der Waals surface area contributed by atoms with Crippen molar-refractivity contribution in [1.29, 1.82) is 0 Å². The van der Waals surface area contributed by atoms with Crippen molar-refractivity contribution in [1.82, 2.24) is 9.97 Å². The Kier molecular flexibility index (Phi) is 2.77. The first-order chi connectivity index (χ1) is 7.20. The van der Waals surface area contributed by atoms with Crippen LogP contribution in [0.15, 0.2) is 12.4 Å². The SMILES string of the molecule is CCc1cc2c(CC(C)=O)ncnc2s1. The molecule has 0 fully saturated rings. The second-order valence-electron chi connectivity index (χ2n) is 3.48. The highest BCUT2D eigenvalue weighted by Gasteiger charge is 2.09. The van der Waals surface area contributed by atoms with Gasteiger partial charge in [-0.2, -0.15) is 0 Å². The van der Waals surface area contributed by atoms with Gasteiger partial charge in [0.05, 0.1) is 5.69 Å². The van der Waals surface area contributed by atoms with Gasteiger partial charge in [0.1, 0.15) is 16.9 Å². The van der Waals surface area contributed by atoms with Crippen molar-refractivity contribution in [2.45, 2.75) is 26.7 Å². The minimum absolute atomic E-state index is 0.138. The summed E-state index contributed by atoms with van der Waals surface area (Å²) in [6, 6.07) is 2.10. The number of nitrogens with zero attached hydrogens (tertiary/aromatic N) is 2. The number of fused-ring (bicyclic) bond motifs is 1.